The van der Waals surface area contributed by atoms with Crippen LogP contribution in [0.2, 0.25) is 0 Å². The van der Waals surface area contributed by atoms with Crippen molar-refractivity contribution in [2.24, 2.45) is 0 Å². The van der Waals surface area contributed by atoms with Crippen molar-refractivity contribution < 1.29 is 28.3 Å². The van der Waals surface area contributed by atoms with Crippen molar-refractivity contribution in [2.75, 3.05) is 19.5 Å². The van der Waals surface area contributed by atoms with E-state index in [1.165, 1.54) is 25.2 Å². The predicted octanol–water partition coefficient (Wildman–Crippen LogP) is 1.69. The summed E-state index contributed by atoms with van der Waals surface area (Å²) in [6.45, 7) is -0.0297. The van der Waals surface area contributed by atoms with E-state index in [4.69, 9.17) is 24.3 Å². The van der Waals surface area contributed by atoms with Crippen LogP contribution >= 0.6 is 19.9 Å². The molecule has 11 nitrogen and oxygen atoms in total. The highest BCUT2D eigenvalue weighted by atomic mass is 32.2. The van der Waals surface area contributed by atoms with Crippen LogP contribution in [0.4, 0.5) is 5.82 Å². The minimum absolute atomic E-state index is 0.0297. The third kappa shape index (κ3) is 3.90. The molecule has 164 valence electrons. The van der Waals surface area contributed by atoms with E-state index in [2.05, 4.69) is 15.0 Å². The number of hydrogen-bond acceptors (Lipinski definition) is 11. The van der Waals surface area contributed by atoms with Gasteiger partial charge in [-0.15, -0.1) is 4.52 Å². The van der Waals surface area contributed by atoms with E-state index >= 15 is 0 Å². The van der Waals surface area contributed by atoms with Gasteiger partial charge >= 0.3 is 8.17 Å². The first-order chi connectivity index (χ1) is 15.0. The zero-order chi connectivity index (χ0) is 21.6. The Kier molecular flexibility index (Phi) is 5.57. The van der Waals surface area contributed by atoms with E-state index in [1.807, 2.05) is 30.3 Å². The van der Waals surface area contributed by atoms with E-state index < -0.39 is 32.7 Å². The van der Waals surface area contributed by atoms with Gasteiger partial charge in [0.25, 0.3) is 0 Å². The van der Waals surface area contributed by atoms with Gasteiger partial charge in [-0.25, -0.2) is 15.0 Å². The third-order valence-corrected chi connectivity index (χ3v) is 7.19. The van der Waals surface area contributed by atoms with Crippen molar-refractivity contribution in [3.8, 4) is 0 Å². The van der Waals surface area contributed by atoms with Crippen LogP contribution in [0.25, 0.3) is 11.2 Å². The molecule has 1 aromatic carbocycles. The molecule has 4 atom stereocenters. The Bertz CT molecular complexity index is 1090. The number of nitrogen functional groups attached to an aromatic ring is 1. The smallest absolute Gasteiger partial charge is 0.382 e. The number of hydrogen-bond donors (Lipinski definition) is 3. The lowest BCUT2D eigenvalue weighted by molar-refractivity contribution is -0.0763. The number of nitrogens with zero attached hydrogens (tertiary/aromatic N) is 4. The minimum atomic E-state index is -3.92. The monoisotopic (exact) mass is 466 g/mol. The Morgan fingerprint density at radius 3 is 2.87 bits per heavy atom. The van der Waals surface area contributed by atoms with Gasteiger partial charge in [-0.3, -0.25) is 4.57 Å². The van der Waals surface area contributed by atoms with Crippen molar-refractivity contribution in [3.05, 3.63) is 42.2 Å². The van der Waals surface area contributed by atoms with Gasteiger partial charge in [-0.1, -0.05) is 42.1 Å². The highest BCUT2D eigenvalue weighted by Gasteiger charge is 2.60. The van der Waals surface area contributed by atoms with Crippen LogP contribution in [0.1, 0.15) is 11.8 Å². The molecule has 2 aliphatic rings. The average Bonchev–Trinajstić information content (AvgIpc) is 3.30. The number of ether oxygens (including phenoxy) is 2. The molecule has 2 aliphatic heterocycles. The topological polar surface area (TPSA) is 147 Å². The normalized spacial score (nSPS) is 27.5. The van der Waals surface area contributed by atoms with E-state index in [-0.39, 0.29) is 12.4 Å². The zero-order valence-corrected chi connectivity index (χ0v) is 18.1. The molecule has 0 bridgehead atoms. The van der Waals surface area contributed by atoms with Crippen LogP contribution in [0.5, 0.6) is 0 Å². The van der Waals surface area contributed by atoms with Gasteiger partial charge in [0.1, 0.15) is 25.1 Å². The Labute approximate surface area is 182 Å². The number of benzene rings is 1. The fourth-order valence-corrected chi connectivity index (χ4v) is 5.70. The van der Waals surface area contributed by atoms with Gasteiger partial charge in [0.15, 0.2) is 34.5 Å². The van der Waals surface area contributed by atoms with Crippen molar-refractivity contribution in [3.63, 3.8) is 0 Å². The molecular formula is C18H21N5O6PS+. The molecule has 1 unspecified atom stereocenters. The Hall–Kier alpha value is -1.89. The highest BCUT2D eigenvalue weighted by molar-refractivity contribution is 7.98. The quantitative estimate of drug-likeness (QED) is 0.373. The van der Waals surface area contributed by atoms with Crippen LogP contribution in [0, 0.1) is 0 Å². The molecule has 0 radical (unpaired) electrons. The lowest BCUT2D eigenvalue weighted by Gasteiger charge is -2.26. The van der Waals surface area contributed by atoms with E-state index in [0.717, 1.165) is 5.56 Å². The second kappa shape index (κ2) is 8.23. The molecule has 0 saturated carbocycles. The summed E-state index contributed by atoms with van der Waals surface area (Å²) >= 11 is 1.50. The van der Waals surface area contributed by atoms with Gasteiger partial charge in [-0.05, 0) is 5.56 Å². The van der Waals surface area contributed by atoms with E-state index in [1.54, 1.807) is 4.57 Å². The predicted molar refractivity (Wildman–Crippen MR) is 113 cm³/mol. The van der Waals surface area contributed by atoms with Crippen LogP contribution in [0.3, 0.4) is 0 Å². The summed E-state index contributed by atoms with van der Waals surface area (Å²) in [6, 6.07) is 9.98. The first-order valence-corrected chi connectivity index (χ1v) is 12.0. The van der Waals surface area contributed by atoms with Gasteiger partial charge in [0, 0.05) is 12.9 Å². The minimum Gasteiger partial charge on any atom is -0.382 e. The summed E-state index contributed by atoms with van der Waals surface area (Å²) in [5.41, 5.74) is 8.12. The molecule has 13 heteroatoms. The fourth-order valence-electron chi connectivity index (χ4n) is 3.75. The molecule has 3 aromatic rings. The van der Waals surface area contributed by atoms with Crippen molar-refractivity contribution in [2.45, 2.75) is 35.4 Å². The van der Waals surface area contributed by atoms with Crippen molar-refractivity contribution >= 4 is 36.9 Å². The molecule has 0 spiro atoms. The summed E-state index contributed by atoms with van der Waals surface area (Å²) in [7, 11) is -2.41. The van der Waals surface area contributed by atoms with Gasteiger partial charge in [-0.2, -0.15) is 14.3 Å². The molecule has 2 fully saturated rings. The molecule has 0 aliphatic carbocycles. The summed E-state index contributed by atoms with van der Waals surface area (Å²) < 4.78 is 24.0. The van der Waals surface area contributed by atoms with Crippen LogP contribution in [-0.4, -0.2) is 61.3 Å². The van der Waals surface area contributed by atoms with Crippen LogP contribution in [-0.2, 0) is 24.3 Å². The molecule has 31 heavy (non-hydrogen) atoms. The number of anilines is 1. The number of rotatable bonds is 5. The second-order valence-corrected chi connectivity index (χ2v) is 9.48. The first kappa shape index (κ1) is 21.0. The third-order valence-electron chi connectivity index (χ3n) is 5.16. The summed E-state index contributed by atoms with van der Waals surface area (Å²) in [4.78, 5) is 32.8. The number of methoxy groups -OCH3 is 1. The van der Waals surface area contributed by atoms with Gasteiger partial charge < -0.3 is 15.2 Å². The maximum atomic E-state index is 9.88. The van der Waals surface area contributed by atoms with E-state index in [9.17, 15) is 9.79 Å². The Balaban J connectivity index is 1.54. The lowest BCUT2D eigenvalue weighted by atomic mass is 10.1. The number of thioether (sulfide) groups is 1. The summed E-state index contributed by atoms with van der Waals surface area (Å²) in [6.07, 6.45) is -1.26. The van der Waals surface area contributed by atoms with Crippen molar-refractivity contribution in [1.29, 1.82) is 0 Å². The van der Waals surface area contributed by atoms with Crippen LogP contribution < -0.4 is 5.73 Å². The fraction of sp³-hybridized carbons (Fsp3) is 0.389. The molecule has 0 amide bonds. The Morgan fingerprint density at radius 2 is 2.10 bits per heavy atom. The number of nitrogens with two attached hydrogens (primary N) is 1. The Morgan fingerprint density at radius 1 is 1.29 bits per heavy atom. The maximum absolute atomic E-state index is 9.88. The van der Waals surface area contributed by atoms with Crippen LogP contribution in [0.15, 0.2) is 41.8 Å². The molecule has 5 rings (SSSR count). The summed E-state index contributed by atoms with van der Waals surface area (Å²) in [5, 5.41) is 0.617. The largest absolute Gasteiger partial charge is 0.570 e. The number of imidazole rings is 1. The summed E-state index contributed by atoms with van der Waals surface area (Å²) in [5.74, 6) is 0.918. The SMILES string of the molecule is COC1[C@H](n2c(SCc3ccccc3)nc3c(N)ncnc32)O[C@@H]2CO[P+](O)(O)O[C@@H]12. The lowest BCUT2D eigenvalue weighted by Crippen LogP contribution is -2.41. The maximum Gasteiger partial charge on any atom is 0.570 e. The first-order valence-electron chi connectivity index (χ1n) is 9.48. The van der Waals surface area contributed by atoms with E-state index in [0.29, 0.717) is 22.1 Å². The van der Waals surface area contributed by atoms with Gasteiger partial charge in [0.2, 0.25) is 0 Å². The number of aromatic nitrogens is 4. The molecule has 2 aromatic heterocycles. The average molecular weight is 466 g/mol. The molecule has 4 heterocycles. The zero-order valence-electron chi connectivity index (χ0n) is 16.4. The molecular weight excluding hydrogens is 445 g/mol. The van der Waals surface area contributed by atoms with Gasteiger partial charge in [0.05, 0.1) is 0 Å². The second-order valence-electron chi connectivity index (χ2n) is 7.09. The molecule has 4 N–H and O–H groups in total. The number of fused-ring (bicyclic) bond motifs is 2. The standard InChI is InChI=1S/C18H21N5O6PS/c1-26-14-13-11(7-27-30(24,25)29-13)28-17(14)23-16-12(15(19)20-9-21-16)22-18(23)31-8-10-5-3-2-4-6-10/h2-6,9,11,13-14,17,24-25H,7-8H2,1H3,(H2,19,20,21)/q+1/t11-,13-,14?,17-/m1/s1. The highest BCUT2D eigenvalue weighted by Crippen LogP contribution is 2.59. The van der Waals surface area contributed by atoms with Crippen molar-refractivity contribution in [1.82, 2.24) is 19.5 Å². The molecule has 2 saturated heterocycles.